The van der Waals surface area contributed by atoms with Gasteiger partial charge in [0.05, 0.1) is 26.4 Å². The molecule has 0 aromatic heterocycles. The fourth-order valence-electron chi connectivity index (χ4n) is 11.5. The van der Waals surface area contributed by atoms with Crippen molar-refractivity contribution in [1.29, 1.82) is 0 Å². The Kier molecular flexibility index (Phi) is 66.8. The van der Waals surface area contributed by atoms with E-state index >= 15 is 0 Å². The summed E-state index contributed by atoms with van der Waals surface area (Å²) < 4.78 is 68.4. The van der Waals surface area contributed by atoms with E-state index in [-0.39, 0.29) is 25.7 Å². The summed E-state index contributed by atoms with van der Waals surface area (Å²) in [7, 11) is -9.90. The quantitative estimate of drug-likeness (QED) is 0.0222. The Balaban J connectivity index is 5.21. The third-order valence-corrected chi connectivity index (χ3v) is 19.4. The second-order valence-electron chi connectivity index (χ2n) is 27.5. The van der Waals surface area contributed by atoms with E-state index < -0.39 is 97.5 Å². The minimum Gasteiger partial charge on any atom is -0.462 e. The molecule has 5 atom stereocenters. The fourth-order valence-corrected chi connectivity index (χ4v) is 13.1. The molecule has 0 spiro atoms. The molecule has 0 rings (SSSR count). The van der Waals surface area contributed by atoms with Crippen molar-refractivity contribution in [2.24, 2.45) is 5.92 Å². The van der Waals surface area contributed by atoms with Crippen LogP contribution in [0.2, 0.25) is 0 Å². The highest BCUT2D eigenvalue weighted by molar-refractivity contribution is 7.47. The molecular weight excluding hydrogens is 1230 g/mol. The largest absolute Gasteiger partial charge is 0.472 e. The summed E-state index contributed by atoms with van der Waals surface area (Å²) in [6.45, 7) is 7.28. The molecule has 558 valence electrons. The van der Waals surface area contributed by atoms with Crippen LogP contribution in [0.1, 0.15) is 394 Å². The number of hydrogen-bond acceptors (Lipinski definition) is 15. The van der Waals surface area contributed by atoms with Crippen LogP contribution in [0.3, 0.4) is 0 Å². The van der Waals surface area contributed by atoms with Crippen LogP contribution in [0.15, 0.2) is 0 Å². The fraction of sp³-hybridized carbons (Fsp3) is 0.947. The molecule has 0 saturated heterocycles. The van der Waals surface area contributed by atoms with Gasteiger partial charge in [-0.1, -0.05) is 343 Å². The minimum absolute atomic E-state index is 0.107. The Morgan fingerprint density at radius 3 is 0.723 bits per heavy atom. The van der Waals surface area contributed by atoms with Crippen molar-refractivity contribution >= 4 is 39.5 Å². The Bertz CT molecular complexity index is 1810. The summed E-state index contributed by atoms with van der Waals surface area (Å²) in [5, 5.41) is 10.6. The van der Waals surface area contributed by atoms with E-state index in [9.17, 15) is 43.2 Å². The molecule has 0 radical (unpaired) electrons. The molecule has 19 heteroatoms. The maximum atomic E-state index is 13.1. The molecule has 2 unspecified atom stereocenters. The average molecular weight is 1380 g/mol. The molecule has 94 heavy (non-hydrogen) atoms. The lowest BCUT2D eigenvalue weighted by molar-refractivity contribution is -0.161. The normalized spacial score (nSPS) is 14.0. The summed E-state index contributed by atoms with van der Waals surface area (Å²) in [6.07, 6.45) is 56.8. The molecular formula is C75H146O17P2. The number of aliphatic hydroxyl groups excluding tert-OH is 1. The number of phosphoric ester groups is 2. The molecule has 0 bridgehead atoms. The molecule has 3 N–H and O–H groups in total. The molecule has 0 aromatic rings. The topological polar surface area (TPSA) is 237 Å². The Morgan fingerprint density at radius 1 is 0.287 bits per heavy atom. The van der Waals surface area contributed by atoms with E-state index in [2.05, 4.69) is 34.6 Å². The van der Waals surface area contributed by atoms with Gasteiger partial charge in [-0.05, 0) is 31.6 Å². The molecule has 17 nitrogen and oxygen atoms in total. The summed E-state index contributed by atoms with van der Waals surface area (Å²) in [6, 6.07) is 0. The second kappa shape index (κ2) is 68.2. The van der Waals surface area contributed by atoms with Gasteiger partial charge in [-0.3, -0.25) is 37.3 Å². The molecule has 0 aromatic carbocycles. The van der Waals surface area contributed by atoms with Crippen molar-refractivity contribution in [1.82, 2.24) is 0 Å². The van der Waals surface area contributed by atoms with Gasteiger partial charge >= 0.3 is 39.5 Å². The average Bonchev–Trinajstić information content (AvgIpc) is 1.50. The standard InChI is InChI=1S/C75H146O17P2/c1-6-9-12-15-18-21-24-25-26-27-28-29-30-31-36-41-46-51-56-61-75(80)92-71(65-86-73(78)59-54-49-44-40-35-33-32-34-37-42-47-52-57-68(4)5)67-90-94(83,84)88-63-69(76)62-87-93(81,82)89-66-70(91-74(79)60-55-50-45-39-23-20-17-14-11-8-3)64-85-72(77)58-53-48-43-38-22-19-16-13-10-7-2/h68-71,76H,6-67H2,1-5H3,(H,81,82)(H,83,84)/t69-,70+,71+/m0/s1. The van der Waals surface area contributed by atoms with Crippen molar-refractivity contribution < 1.29 is 80.2 Å². The maximum Gasteiger partial charge on any atom is 0.472 e. The minimum atomic E-state index is -4.96. The van der Waals surface area contributed by atoms with E-state index in [1.54, 1.807) is 0 Å². The van der Waals surface area contributed by atoms with Crippen LogP contribution >= 0.6 is 15.6 Å². The third-order valence-electron chi connectivity index (χ3n) is 17.5. The molecule has 0 aliphatic rings. The van der Waals surface area contributed by atoms with E-state index in [4.69, 9.17) is 37.0 Å². The third kappa shape index (κ3) is 68.6. The number of esters is 4. The highest BCUT2D eigenvalue weighted by atomic mass is 31.2. The molecule has 0 fully saturated rings. The molecule has 0 heterocycles. The number of ether oxygens (including phenoxy) is 4. The van der Waals surface area contributed by atoms with Gasteiger partial charge in [-0.2, -0.15) is 0 Å². The van der Waals surface area contributed by atoms with Gasteiger partial charge in [0.25, 0.3) is 0 Å². The zero-order valence-corrected chi connectivity index (χ0v) is 62.9. The van der Waals surface area contributed by atoms with Gasteiger partial charge in [0.1, 0.15) is 19.3 Å². The van der Waals surface area contributed by atoms with E-state index in [0.717, 1.165) is 95.8 Å². The van der Waals surface area contributed by atoms with Crippen LogP contribution < -0.4 is 0 Å². The van der Waals surface area contributed by atoms with E-state index in [0.29, 0.717) is 25.7 Å². The first-order valence-electron chi connectivity index (χ1n) is 39.1. The first-order chi connectivity index (χ1) is 45.5. The van der Waals surface area contributed by atoms with Crippen molar-refractivity contribution in [2.45, 2.75) is 412 Å². The summed E-state index contributed by atoms with van der Waals surface area (Å²) in [5.41, 5.74) is 0. The zero-order chi connectivity index (χ0) is 69.1. The van der Waals surface area contributed by atoms with Crippen molar-refractivity contribution in [3.63, 3.8) is 0 Å². The first-order valence-corrected chi connectivity index (χ1v) is 42.1. The van der Waals surface area contributed by atoms with Crippen LogP contribution in [-0.2, 0) is 65.4 Å². The predicted octanol–water partition coefficient (Wildman–Crippen LogP) is 22.1. The number of hydrogen-bond donors (Lipinski definition) is 3. The lowest BCUT2D eigenvalue weighted by Crippen LogP contribution is -2.30. The highest BCUT2D eigenvalue weighted by Gasteiger charge is 2.30. The van der Waals surface area contributed by atoms with Gasteiger partial charge in [0.2, 0.25) is 0 Å². The van der Waals surface area contributed by atoms with Gasteiger partial charge < -0.3 is 33.8 Å². The second-order valence-corrected chi connectivity index (χ2v) is 30.4. The molecule has 0 aliphatic heterocycles. The Hall–Kier alpha value is -1.94. The maximum absolute atomic E-state index is 13.1. The van der Waals surface area contributed by atoms with Gasteiger partial charge in [0.15, 0.2) is 12.2 Å². The number of phosphoric acid groups is 2. The van der Waals surface area contributed by atoms with Gasteiger partial charge in [-0.15, -0.1) is 0 Å². The highest BCUT2D eigenvalue weighted by Crippen LogP contribution is 2.45. The number of aliphatic hydroxyl groups is 1. The monoisotopic (exact) mass is 1380 g/mol. The van der Waals surface area contributed by atoms with E-state index in [1.807, 2.05) is 0 Å². The summed E-state index contributed by atoms with van der Waals surface area (Å²) >= 11 is 0. The number of carbonyl (C=O) groups is 4. The number of carbonyl (C=O) groups excluding carboxylic acids is 4. The lowest BCUT2D eigenvalue weighted by atomic mass is 10.0. The molecule has 0 amide bonds. The van der Waals surface area contributed by atoms with Crippen LogP contribution in [-0.4, -0.2) is 96.7 Å². The molecule has 0 aliphatic carbocycles. The summed E-state index contributed by atoms with van der Waals surface area (Å²) in [4.78, 5) is 72.7. The number of rotatable bonds is 75. The van der Waals surface area contributed by atoms with Crippen LogP contribution in [0, 0.1) is 5.92 Å². The smallest absolute Gasteiger partial charge is 0.462 e. The van der Waals surface area contributed by atoms with Gasteiger partial charge in [0, 0.05) is 25.7 Å². The van der Waals surface area contributed by atoms with E-state index in [1.165, 1.54) is 218 Å². The number of unbranched alkanes of at least 4 members (excludes halogenated alkanes) is 47. The first kappa shape index (κ1) is 92.1. The van der Waals surface area contributed by atoms with Crippen molar-refractivity contribution in [3.8, 4) is 0 Å². The predicted molar refractivity (Wildman–Crippen MR) is 382 cm³/mol. The van der Waals surface area contributed by atoms with Gasteiger partial charge in [-0.25, -0.2) is 9.13 Å². The lowest BCUT2D eigenvalue weighted by Gasteiger charge is -2.21. The Labute approximate surface area is 575 Å². The molecule has 0 saturated carbocycles. The Morgan fingerprint density at radius 2 is 0.489 bits per heavy atom. The van der Waals surface area contributed by atoms with Crippen molar-refractivity contribution in [2.75, 3.05) is 39.6 Å². The van der Waals surface area contributed by atoms with Crippen LogP contribution in [0.25, 0.3) is 0 Å². The zero-order valence-electron chi connectivity index (χ0n) is 61.1. The summed E-state index contributed by atoms with van der Waals surface area (Å²) in [5.74, 6) is -1.33. The van der Waals surface area contributed by atoms with Crippen LogP contribution in [0.5, 0.6) is 0 Å². The van der Waals surface area contributed by atoms with Crippen LogP contribution in [0.4, 0.5) is 0 Å². The SMILES string of the molecule is CCCCCCCCCCCCCCCCCCCCCC(=O)O[C@H](COC(=O)CCCCCCCCCCCCCCC(C)C)COP(=O)(O)OC[C@@H](O)COP(=O)(O)OC[C@@H](COC(=O)CCCCCCCCCCCC)OC(=O)CCCCCCCCCCCC. The van der Waals surface area contributed by atoms with Crippen molar-refractivity contribution in [3.05, 3.63) is 0 Å².